The quantitative estimate of drug-likeness (QED) is 0.251. The van der Waals surface area contributed by atoms with Gasteiger partial charge in [0.05, 0.1) is 34.1 Å². The number of ether oxygens (including phenoxy) is 1. The van der Waals surface area contributed by atoms with Gasteiger partial charge in [0.2, 0.25) is 5.95 Å². The number of hydrogen-bond acceptors (Lipinski definition) is 11. The van der Waals surface area contributed by atoms with Gasteiger partial charge in [0.1, 0.15) is 11.6 Å². The molecule has 2 aromatic carbocycles. The zero-order valence-electron chi connectivity index (χ0n) is 24.3. The summed E-state index contributed by atoms with van der Waals surface area (Å²) in [6.07, 6.45) is 8.19. The number of aryl methyl sites for hydroxylation is 1. The minimum Gasteiger partial charge on any atom is -0.494 e. The highest BCUT2D eigenvalue weighted by Gasteiger charge is 2.23. The van der Waals surface area contributed by atoms with Crippen molar-refractivity contribution in [2.24, 2.45) is 0 Å². The summed E-state index contributed by atoms with van der Waals surface area (Å²) in [5.74, 6) is 1.30. The minimum absolute atomic E-state index is 0.200. The maximum absolute atomic E-state index is 12.3. The molecule has 222 valence electrons. The van der Waals surface area contributed by atoms with Crippen LogP contribution < -0.4 is 20.3 Å². The van der Waals surface area contributed by atoms with Gasteiger partial charge in [-0.25, -0.2) is 13.4 Å². The van der Waals surface area contributed by atoms with E-state index in [9.17, 15) is 8.42 Å². The van der Waals surface area contributed by atoms with E-state index in [1.165, 1.54) is 6.26 Å². The zero-order valence-corrected chi connectivity index (χ0v) is 26.8. The van der Waals surface area contributed by atoms with Gasteiger partial charge in [0.25, 0.3) is 0 Å². The van der Waals surface area contributed by atoms with Crippen LogP contribution in [0.3, 0.4) is 0 Å². The van der Waals surface area contributed by atoms with E-state index in [-0.39, 0.29) is 5.75 Å². The molecule has 2 aromatic heterocycles. The molecule has 11 nitrogen and oxygen atoms in total. The first kappa shape index (κ1) is 29.9. The van der Waals surface area contributed by atoms with E-state index >= 15 is 0 Å². The zero-order chi connectivity index (χ0) is 30.0. The van der Waals surface area contributed by atoms with Crippen LogP contribution in [0, 0.1) is 6.92 Å². The SMILES string of the molecule is COc1cc(N2CCC(N(C)C)CC2)c(C)cc1Nc1ncc(Br)c(Nc2ccc3nccnc3c2CS(C)(=O)=O)n1. The number of anilines is 5. The lowest BCUT2D eigenvalue weighted by molar-refractivity contribution is 0.249. The highest BCUT2D eigenvalue weighted by molar-refractivity contribution is 9.10. The first-order chi connectivity index (χ1) is 20.0. The molecule has 42 heavy (non-hydrogen) atoms. The third-order valence-corrected chi connectivity index (χ3v) is 8.84. The number of sulfone groups is 1. The minimum atomic E-state index is -3.36. The lowest BCUT2D eigenvalue weighted by atomic mass is 10.0. The van der Waals surface area contributed by atoms with Gasteiger partial charge in [0.15, 0.2) is 9.84 Å². The van der Waals surface area contributed by atoms with E-state index in [0.717, 1.165) is 42.9 Å². The highest BCUT2D eigenvalue weighted by atomic mass is 79.9. The van der Waals surface area contributed by atoms with Gasteiger partial charge in [-0.15, -0.1) is 0 Å². The van der Waals surface area contributed by atoms with Gasteiger partial charge < -0.3 is 25.2 Å². The van der Waals surface area contributed by atoms with Crippen LogP contribution in [0.1, 0.15) is 24.0 Å². The van der Waals surface area contributed by atoms with Crippen LogP contribution in [0.4, 0.5) is 28.8 Å². The molecule has 4 aromatic rings. The molecule has 13 heteroatoms. The van der Waals surface area contributed by atoms with E-state index in [1.807, 2.05) is 0 Å². The predicted molar refractivity (Wildman–Crippen MR) is 171 cm³/mol. The average molecular weight is 656 g/mol. The van der Waals surface area contributed by atoms with Crippen molar-refractivity contribution < 1.29 is 13.2 Å². The largest absolute Gasteiger partial charge is 0.494 e. The molecule has 1 aliphatic heterocycles. The van der Waals surface area contributed by atoms with Gasteiger partial charge in [-0.1, -0.05) is 0 Å². The van der Waals surface area contributed by atoms with Gasteiger partial charge in [-0.05, 0) is 73.6 Å². The summed E-state index contributed by atoms with van der Waals surface area (Å²) in [5.41, 5.74) is 5.24. The Bertz CT molecular complexity index is 1710. The number of nitrogens with one attached hydrogen (secondary N) is 2. The van der Waals surface area contributed by atoms with Crippen molar-refractivity contribution in [3.05, 3.63) is 58.5 Å². The van der Waals surface area contributed by atoms with Crippen molar-refractivity contribution in [3.63, 3.8) is 0 Å². The molecule has 5 rings (SSSR count). The molecule has 1 fully saturated rings. The maximum atomic E-state index is 12.3. The van der Waals surface area contributed by atoms with Crippen molar-refractivity contribution in [1.29, 1.82) is 0 Å². The summed E-state index contributed by atoms with van der Waals surface area (Å²) in [7, 11) is 2.58. The van der Waals surface area contributed by atoms with Crippen LogP contribution in [0.2, 0.25) is 0 Å². The van der Waals surface area contributed by atoms with Crippen LogP contribution in [0.15, 0.2) is 47.3 Å². The second-order valence-corrected chi connectivity index (χ2v) is 13.7. The molecule has 3 heterocycles. The Morgan fingerprint density at radius 2 is 1.81 bits per heavy atom. The molecular formula is C29H35BrN8O3S. The molecule has 2 N–H and O–H groups in total. The second-order valence-electron chi connectivity index (χ2n) is 10.7. The monoisotopic (exact) mass is 654 g/mol. The molecule has 0 atom stereocenters. The molecule has 0 aliphatic carbocycles. The first-order valence-corrected chi connectivity index (χ1v) is 16.4. The normalized spacial score (nSPS) is 14.4. The number of nitrogens with zero attached hydrogens (tertiary/aromatic N) is 6. The number of aromatic nitrogens is 4. The Morgan fingerprint density at radius 3 is 2.50 bits per heavy atom. The number of piperidine rings is 1. The fourth-order valence-electron chi connectivity index (χ4n) is 5.29. The number of hydrogen-bond donors (Lipinski definition) is 2. The summed E-state index contributed by atoms with van der Waals surface area (Å²) < 4.78 is 31.0. The van der Waals surface area contributed by atoms with Gasteiger partial charge in [-0.2, -0.15) is 4.98 Å². The molecule has 0 amide bonds. The van der Waals surface area contributed by atoms with Crippen molar-refractivity contribution >= 4 is 65.6 Å². The summed E-state index contributed by atoms with van der Waals surface area (Å²) in [5, 5.41) is 6.57. The predicted octanol–water partition coefficient (Wildman–Crippen LogP) is 5.06. The maximum Gasteiger partial charge on any atom is 0.229 e. The van der Waals surface area contributed by atoms with Crippen LogP contribution >= 0.6 is 15.9 Å². The summed E-state index contributed by atoms with van der Waals surface area (Å²) in [6, 6.07) is 8.30. The number of fused-ring (bicyclic) bond motifs is 1. The van der Waals surface area contributed by atoms with E-state index < -0.39 is 9.84 Å². The summed E-state index contributed by atoms with van der Waals surface area (Å²) in [6.45, 7) is 4.08. The third kappa shape index (κ3) is 6.74. The van der Waals surface area contributed by atoms with Gasteiger partial charge in [0, 0.05) is 67.0 Å². The van der Waals surface area contributed by atoms with Crippen molar-refractivity contribution in [3.8, 4) is 5.75 Å². The Balaban J connectivity index is 1.42. The molecule has 1 aliphatic rings. The Kier molecular flexibility index (Phi) is 8.81. The number of benzene rings is 2. The van der Waals surface area contributed by atoms with Crippen molar-refractivity contribution in [1.82, 2.24) is 24.8 Å². The Hall–Kier alpha value is -3.55. The molecular weight excluding hydrogens is 620 g/mol. The fourth-order valence-corrected chi connectivity index (χ4v) is 6.40. The third-order valence-electron chi connectivity index (χ3n) is 7.45. The highest BCUT2D eigenvalue weighted by Crippen LogP contribution is 2.37. The molecule has 1 saturated heterocycles. The van der Waals surface area contributed by atoms with E-state index in [2.05, 4.69) is 89.5 Å². The molecule has 0 radical (unpaired) electrons. The van der Waals surface area contributed by atoms with Crippen molar-refractivity contribution in [2.75, 3.05) is 56.1 Å². The van der Waals surface area contributed by atoms with Crippen LogP contribution in [-0.2, 0) is 15.6 Å². The smallest absolute Gasteiger partial charge is 0.229 e. The van der Waals surface area contributed by atoms with E-state index in [1.54, 1.807) is 37.8 Å². The van der Waals surface area contributed by atoms with Gasteiger partial charge in [-0.3, -0.25) is 9.97 Å². The van der Waals surface area contributed by atoms with E-state index in [4.69, 9.17) is 4.74 Å². The fraction of sp³-hybridized carbons (Fsp3) is 0.379. The first-order valence-electron chi connectivity index (χ1n) is 13.6. The molecule has 0 spiro atoms. The number of halogens is 1. The van der Waals surface area contributed by atoms with E-state index in [0.29, 0.717) is 50.3 Å². The standard InChI is InChI=1S/C29H35BrN8O3S/c1-18-14-24(26(41-4)15-25(18)38-12-8-19(9-13-38)37(2)3)35-29-33-16-21(30)28(36-29)34-22-6-7-23-27(32-11-10-31-23)20(22)17-42(5,39)40/h6-7,10-11,14-16,19H,8-9,12-13,17H2,1-5H3,(H2,33,34,35,36). The van der Waals surface area contributed by atoms with Gasteiger partial charge >= 0.3 is 0 Å². The Labute approximate surface area is 254 Å². The average Bonchev–Trinajstić information content (AvgIpc) is 2.95. The molecule has 0 unspecified atom stereocenters. The van der Waals surface area contributed by atoms with Crippen molar-refractivity contribution in [2.45, 2.75) is 31.6 Å². The van der Waals surface area contributed by atoms with Crippen LogP contribution in [0.25, 0.3) is 11.0 Å². The topological polar surface area (TPSA) is 125 Å². The van der Waals surface area contributed by atoms with Crippen LogP contribution in [0.5, 0.6) is 5.75 Å². The lowest BCUT2D eigenvalue weighted by Gasteiger charge is -2.37. The second kappa shape index (κ2) is 12.4. The summed E-state index contributed by atoms with van der Waals surface area (Å²) >= 11 is 3.52. The molecule has 0 saturated carbocycles. The molecule has 0 bridgehead atoms. The number of methoxy groups -OCH3 is 1. The summed E-state index contributed by atoms with van der Waals surface area (Å²) in [4.78, 5) is 22.6. The Morgan fingerprint density at radius 1 is 1.07 bits per heavy atom. The van der Waals surface area contributed by atoms with Crippen LogP contribution in [-0.4, -0.2) is 79.8 Å². The number of rotatable bonds is 9. The lowest BCUT2D eigenvalue weighted by Crippen LogP contribution is -2.42.